The summed E-state index contributed by atoms with van der Waals surface area (Å²) in [6.45, 7) is 12.0. The lowest BCUT2D eigenvalue weighted by Crippen LogP contribution is -2.29. The van der Waals surface area contributed by atoms with Gasteiger partial charge < -0.3 is 10.2 Å². The number of nitrogens with zero attached hydrogens (tertiary/aromatic N) is 3. The number of aryl methyl sites for hydroxylation is 1. The van der Waals surface area contributed by atoms with Crippen LogP contribution in [0.3, 0.4) is 0 Å². The summed E-state index contributed by atoms with van der Waals surface area (Å²) >= 11 is 6.22. The van der Waals surface area contributed by atoms with E-state index in [1.54, 1.807) is 0 Å². The highest BCUT2D eigenvalue weighted by Gasteiger charge is 2.24. The molecule has 2 rings (SSSR count). The van der Waals surface area contributed by atoms with Crippen LogP contribution in [-0.4, -0.2) is 40.5 Å². The average Bonchev–Trinajstić information content (AvgIpc) is 2.90. The molecule has 1 unspecified atom stereocenters. The van der Waals surface area contributed by atoms with E-state index >= 15 is 0 Å². The molecule has 0 bridgehead atoms. The van der Waals surface area contributed by atoms with E-state index < -0.39 is 0 Å². The molecule has 1 saturated heterocycles. The number of hydrogen-bond donors (Lipinski definition) is 1. The molecule has 1 fully saturated rings. The largest absolute Gasteiger partial charge is 0.369 e. The van der Waals surface area contributed by atoms with Crippen LogP contribution >= 0.6 is 11.6 Å². The van der Waals surface area contributed by atoms with Crippen molar-refractivity contribution < 1.29 is 0 Å². The van der Waals surface area contributed by atoms with E-state index in [-0.39, 0.29) is 0 Å². The van der Waals surface area contributed by atoms with Gasteiger partial charge in [-0.05, 0) is 46.1 Å². The minimum Gasteiger partial charge on any atom is -0.369 e. The van der Waals surface area contributed by atoms with Gasteiger partial charge in [0.15, 0.2) is 0 Å². The SMILES string of the molecule is CCCc1nc(Cl)c(C)c(NCC2CCN(C(C)C)C2)n1. The summed E-state index contributed by atoms with van der Waals surface area (Å²) in [4.78, 5) is 11.5. The summed E-state index contributed by atoms with van der Waals surface area (Å²) < 4.78 is 0. The van der Waals surface area contributed by atoms with Gasteiger partial charge in [0.05, 0.1) is 0 Å². The molecule has 1 N–H and O–H groups in total. The molecule has 0 aromatic carbocycles. The van der Waals surface area contributed by atoms with E-state index in [4.69, 9.17) is 11.6 Å². The van der Waals surface area contributed by atoms with Crippen LogP contribution in [0.15, 0.2) is 0 Å². The van der Waals surface area contributed by atoms with Gasteiger partial charge in [-0.15, -0.1) is 0 Å². The van der Waals surface area contributed by atoms with Crippen LogP contribution in [0.4, 0.5) is 5.82 Å². The van der Waals surface area contributed by atoms with Crippen LogP contribution in [0.25, 0.3) is 0 Å². The van der Waals surface area contributed by atoms with Gasteiger partial charge in [0.2, 0.25) is 0 Å². The molecule has 0 aliphatic carbocycles. The molecule has 0 spiro atoms. The third-order valence-corrected chi connectivity index (χ3v) is 4.58. The van der Waals surface area contributed by atoms with Crippen molar-refractivity contribution in [3.63, 3.8) is 0 Å². The quantitative estimate of drug-likeness (QED) is 0.816. The van der Waals surface area contributed by atoms with Crippen LogP contribution < -0.4 is 5.32 Å². The van der Waals surface area contributed by atoms with E-state index in [1.165, 1.54) is 19.5 Å². The van der Waals surface area contributed by atoms with Crippen LogP contribution in [0, 0.1) is 12.8 Å². The lowest BCUT2D eigenvalue weighted by atomic mass is 10.1. The van der Waals surface area contributed by atoms with Crippen LogP contribution in [-0.2, 0) is 6.42 Å². The maximum atomic E-state index is 6.22. The van der Waals surface area contributed by atoms with Crippen molar-refractivity contribution in [3.8, 4) is 0 Å². The van der Waals surface area contributed by atoms with Gasteiger partial charge in [-0.2, -0.15) is 0 Å². The zero-order chi connectivity index (χ0) is 15.4. The molecule has 2 heterocycles. The van der Waals surface area contributed by atoms with Crippen molar-refractivity contribution in [2.24, 2.45) is 5.92 Å². The Hall–Kier alpha value is -0.870. The molecule has 1 aromatic rings. The molecule has 118 valence electrons. The van der Waals surface area contributed by atoms with E-state index in [0.717, 1.165) is 36.6 Å². The topological polar surface area (TPSA) is 41.1 Å². The van der Waals surface area contributed by atoms with Gasteiger partial charge in [-0.3, -0.25) is 0 Å². The van der Waals surface area contributed by atoms with Gasteiger partial charge >= 0.3 is 0 Å². The van der Waals surface area contributed by atoms with E-state index in [0.29, 0.717) is 17.1 Å². The van der Waals surface area contributed by atoms with Crippen molar-refractivity contribution in [3.05, 3.63) is 16.5 Å². The number of halogens is 1. The summed E-state index contributed by atoms with van der Waals surface area (Å²) in [6, 6.07) is 0.640. The Kier molecular flexibility index (Phi) is 5.82. The first-order valence-electron chi connectivity index (χ1n) is 8.02. The lowest BCUT2D eigenvalue weighted by molar-refractivity contribution is 0.266. The van der Waals surface area contributed by atoms with Crippen molar-refractivity contribution in [1.82, 2.24) is 14.9 Å². The second-order valence-corrected chi connectivity index (χ2v) is 6.64. The highest BCUT2D eigenvalue weighted by molar-refractivity contribution is 6.30. The average molecular weight is 311 g/mol. The normalized spacial score (nSPS) is 19.4. The van der Waals surface area contributed by atoms with E-state index in [1.807, 2.05) is 6.92 Å². The molecule has 1 aliphatic rings. The molecule has 0 saturated carbocycles. The van der Waals surface area contributed by atoms with Crippen molar-refractivity contribution in [2.45, 2.75) is 53.0 Å². The van der Waals surface area contributed by atoms with Crippen molar-refractivity contribution in [1.29, 1.82) is 0 Å². The first-order chi connectivity index (χ1) is 10.0. The summed E-state index contributed by atoms with van der Waals surface area (Å²) in [5, 5.41) is 4.07. The maximum Gasteiger partial charge on any atom is 0.137 e. The molecule has 0 amide bonds. The Balaban J connectivity index is 1.97. The third kappa shape index (κ3) is 4.30. The zero-order valence-corrected chi connectivity index (χ0v) is 14.4. The summed E-state index contributed by atoms with van der Waals surface area (Å²) in [5.74, 6) is 2.43. The maximum absolute atomic E-state index is 6.22. The monoisotopic (exact) mass is 310 g/mol. The second kappa shape index (κ2) is 7.41. The van der Waals surface area contributed by atoms with E-state index in [9.17, 15) is 0 Å². The fourth-order valence-corrected chi connectivity index (χ4v) is 2.97. The number of anilines is 1. The molecule has 4 nitrogen and oxygen atoms in total. The third-order valence-electron chi connectivity index (χ3n) is 4.21. The summed E-state index contributed by atoms with van der Waals surface area (Å²) in [6.07, 6.45) is 3.16. The molecule has 1 aliphatic heterocycles. The summed E-state index contributed by atoms with van der Waals surface area (Å²) in [7, 11) is 0. The number of aromatic nitrogens is 2. The van der Waals surface area contributed by atoms with Gasteiger partial charge in [0.1, 0.15) is 16.8 Å². The van der Waals surface area contributed by atoms with Crippen LogP contribution in [0.5, 0.6) is 0 Å². The predicted molar refractivity (Wildman–Crippen MR) is 89.1 cm³/mol. The molecular weight excluding hydrogens is 284 g/mol. The first-order valence-corrected chi connectivity index (χ1v) is 8.40. The van der Waals surface area contributed by atoms with Gasteiger partial charge in [-0.1, -0.05) is 18.5 Å². The Bertz CT molecular complexity index is 476. The molecular formula is C16H27ClN4. The fraction of sp³-hybridized carbons (Fsp3) is 0.750. The molecule has 0 radical (unpaired) electrons. The molecule has 1 atom stereocenters. The molecule has 5 heteroatoms. The second-order valence-electron chi connectivity index (χ2n) is 6.28. The smallest absolute Gasteiger partial charge is 0.137 e. The van der Waals surface area contributed by atoms with Gasteiger partial charge in [0, 0.05) is 31.1 Å². The minimum absolute atomic E-state index is 0.575. The number of likely N-dealkylation sites (tertiary alicyclic amines) is 1. The Morgan fingerprint density at radius 1 is 1.38 bits per heavy atom. The van der Waals surface area contributed by atoms with Crippen LogP contribution in [0.1, 0.15) is 45.0 Å². The lowest BCUT2D eigenvalue weighted by Gasteiger charge is -2.20. The zero-order valence-electron chi connectivity index (χ0n) is 13.6. The summed E-state index contributed by atoms with van der Waals surface area (Å²) in [5.41, 5.74) is 0.954. The highest BCUT2D eigenvalue weighted by atomic mass is 35.5. The first kappa shape index (κ1) is 16.5. The van der Waals surface area contributed by atoms with Gasteiger partial charge in [-0.25, -0.2) is 9.97 Å². The van der Waals surface area contributed by atoms with Gasteiger partial charge in [0.25, 0.3) is 0 Å². The number of nitrogens with one attached hydrogen (secondary N) is 1. The fourth-order valence-electron chi connectivity index (χ4n) is 2.78. The standard InChI is InChI=1S/C16H27ClN4/c1-5-6-14-19-15(17)12(4)16(20-14)18-9-13-7-8-21(10-13)11(2)3/h11,13H,5-10H2,1-4H3,(H,18,19,20). The Morgan fingerprint density at radius 2 is 2.14 bits per heavy atom. The van der Waals surface area contributed by atoms with Crippen molar-refractivity contribution in [2.75, 3.05) is 25.0 Å². The molecule has 21 heavy (non-hydrogen) atoms. The number of rotatable bonds is 6. The Labute approximate surface area is 133 Å². The van der Waals surface area contributed by atoms with E-state index in [2.05, 4.69) is 41.0 Å². The van der Waals surface area contributed by atoms with Crippen LogP contribution in [0.2, 0.25) is 5.15 Å². The van der Waals surface area contributed by atoms with Crippen molar-refractivity contribution >= 4 is 17.4 Å². The molecule has 1 aromatic heterocycles. The highest BCUT2D eigenvalue weighted by Crippen LogP contribution is 2.23. The Morgan fingerprint density at radius 3 is 2.76 bits per heavy atom. The minimum atomic E-state index is 0.575. The number of hydrogen-bond acceptors (Lipinski definition) is 4. The predicted octanol–water partition coefficient (Wildman–Crippen LogP) is 3.53.